The van der Waals surface area contributed by atoms with Crippen LogP contribution < -0.4 is 10.5 Å². The first-order valence-electron chi connectivity index (χ1n) is 5.44. The third-order valence-electron chi connectivity index (χ3n) is 2.30. The van der Waals surface area contributed by atoms with Gasteiger partial charge in [-0.1, -0.05) is 13.0 Å². The van der Waals surface area contributed by atoms with Gasteiger partial charge in [0.2, 0.25) is 0 Å². The summed E-state index contributed by atoms with van der Waals surface area (Å²) in [4.78, 5) is 0. The summed E-state index contributed by atoms with van der Waals surface area (Å²) < 4.78 is 8.42. The molecule has 90 valence electrons. The molecule has 0 aliphatic carbocycles. The first kappa shape index (κ1) is 12.2. The van der Waals surface area contributed by atoms with Crippen LogP contribution in [0.15, 0.2) is 30.6 Å². The fraction of sp³-hybridized carbons (Fsp3) is 0.250. The van der Waals surface area contributed by atoms with Gasteiger partial charge >= 0.3 is 0 Å². The minimum absolute atomic E-state index is 0.625. The average molecular weight is 343 g/mol. The Kier molecular flexibility index (Phi) is 3.88. The maximum Gasteiger partial charge on any atom is 0.144 e. The van der Waals surface area contributed by atoms with E-state index in [4.69, 9.17) is 10.5 Å². The molecule has 0 radical (unpaired) electrons. The van der Waals surface area contributed by atoms with Crippen molar-refractivity contribution in [1.82, 2.24) is 9.78 Å². The number of aromatic nitrogens is 2. The van der Waals surface area contributed by atoms with E-state index in [2.05, 4.69) is 34.6 Å². The van der Waals surface area contributed by atoms with Gasteiger partial charge < -0.3 is 10.5 Å². The summed E-state index contributed by atoms with van der Waals surface area (Å²) in [5.41, 5.74) is 7.55. The lowest BCUT2D eigenvalue weighted by Crippen LogP contribution is -2.04. The molecule has 0 atom stereocenters. The number of anilines is 1. The molecule has 0 aliphatic heterocycles. The SMILES string of the molecule is CCCOc1cccc(-n2cc(I)cn2)c1N. The van der Waals surface area contributed by atoms with Crippen LogP contribution in [0.1, 0.15) is 13.3 Å². The Balaban J connectivity index is 2.35. The molecule has 0 spiro atoms. The van der Waals surface area contributed by atoms with Crippen molar-refractivity contribution in [3.63, 3.8) is 0 Å². The minimum atomic E-state index is 0.625. The van der Waals surface area contributed by atoms with Crippen LogP contribution in [-0.2, 0) is 0 Å². The van der Waals surface area contributed by atoms with E-state index in [0.29, 0.717) is 12.3 Å². The third kappa shape index (κ3) is 2.71. The molecular formula is C12H14IN3O. The number of nitrogen functional groups attached to an aromatic ring is 1. The predicted octanol–water partition coefficient (Wildman–Crippen LogP) is 2.85. The van der Waals surface area contributed by atoms with E-state index in [1.807, 2.05) is 24.4 Å². The highest BCUT2D eigenvalue weighted by molar-refractivity contribution is 14.1. The molecule has 0 unspecified atom stereocenters. The van der Waals surface area contributed by atoms with E-state index in [-0.39, 0.29) is 0 Å². The summed E-state index contributed by atoms with van der Waals surface area (Å²) >= 11 is 2.22. The van der Waals surface area contributed by atoms with Crippen molar-refractivity contribution < 1.29 is 4.74 Å². The number of halogens is 1. The zero-order chi connectivity index (χ0) is 12.3. The summed E-state index contributed by atoms with van der Waals surface area (Å²) in [6, 6.07) is 5.73. The molecule has 4 nitrogen and oxygen atoms in total. The van der Waals surface area contributed by atoms with Crippen LogP contribution in [0.4, 0.5) is 5.69 Å². The van der Waals surface area contributed by atoms with Gasteiger partial charge in [-0.3, -0.25) is 0 Å². The fourth-order valence-electron chi connectivity index (χ4n) is 1.50. The smallest absolute Gasteiger partial charge is 0.144 e. The van der Waals surface area contributed by atoms with Gasteiger partial charge in [0, 0.05) is 6.20 Å². The van der Waals surface area contributed by atoms with Crippen LogP contribution >= 0.6 is 22.6 Å². The van der Waals surface area contributed by atoms with E-state index in [1.54, 1.807) is 10.9 Å². The lowest BCUT2D eigenvalue weighted by atomic mass is 10.2. The second kappa shape index (κ2) is 5.39. The maximum atomic E-state index is 6.08. The van der Waals surface area contributed by atoms with Crippen LogP contribution in [-0.4, -0.2) is 16.4 Å². The third-order valence-corrected chi connectivity index (χ3v) is 2.86. The number of nitrogens with zero attached hydrogens (tertiary/aromatic N) is 2. The Morgan fingerprint density at radius 1 is 1.47 bits per heavy atom. The Morgan fingerprint density at radius 3 is 2.94 bits per heavy atom. The van der Waals surface area contributed by atoms with Gasteiger partial charge in [0.1, 0.15) is 11.4 Å². The first-order valence-corrected chi connectivity index (χ1v) is 6.52. The van der Waals surface area contributed by atoms with Crippen molar-refractivity contribution in [3.8, 4) is 11.4 Å². The molecule has 1 heterocycles. The second-order valence-electron chi connectivity index (χ2n) is 3.64. The molecule has 0 amide bonds. The molecule has 0 saturated carbocycles. The Morgan fingerprint density at radius 2 is 2.29 bits per heavy atom. The maximum absolute atomic E-state index is 6.08. The van der Waals surface area contributed by atoms with Gasteiger partial charge in [-0.2, -0.15) is 5.10 Å². The molecular weight excluding hydrogens is 329 g/mol. The van der Waals surface area contributed by atoms with E-state index in [9.17, 15) is 0 Å². The van der Waals surface area contributed by atoms with E-state index in [0.717, 1.165) is 21.4 Å². The normalized spacial score (nSPS) is 10.5. The average Bonchev–Trinajstić information content (AvgIpc) is 2.74. The summed E-state index contributed by atoms with van der Waals surface area (Å²) in [5, 5.41) is 4.24. The highest BCUT2D eigenvalue weighted by Crippen LogP contribution is 2.28. The Bertz CT molecular complexity index is 510. The lowest BCUT2D eigenvalue weighted by molar-refractivity contribution is 0.319. The van der Waals surface area contributed by atoms with Gasteiger partial charge in [-0.25, -0.2) is 4.68 Å². The highest BCUT2D eigenvalue weighted by Gasteiger charge is 2.08. The standard InChI is InChI=1S/C12H14IN3O/c1-2-6-17-11-5-3-4-10(12(11)14)16-8-9(13)7-15-16/h3-5,7-8H,2,6,14H2,1H3. The van der Waals surface area contributed by atoms with Crippen molar-refractivity contribution in [1.29, 1.82) is 0 Å². The molecule has 0 aliphatic rings. The Labute approximate surface area is 114 Å². The van der Waals surface area contributed by atoms with Crippen molar-refractivity contribution in [2.75, 3.05) is 12.3 Å². The molecule has 0 fully saturated rings. The highest BCUT2D eigenvalue weighted by atomic mass is 127. The molecule has 1 aromatic carbocycles. The van der Waals surface area contributed by atoms with E-state index < -0.39 is 0 Å². The van der Waals surface area contributed by atoms with Crippen molar-refractivity contribution in [2.45, 2.75) is 13.3 Å². The number of hydrogen-bond donors (Lipinski definition) is 1. The largest absolute Gasteiger partial charge is 0.491 e. The van der Waals surface area contributed by atoms with Crippen molar-refractivity contribution in [2.24, 2.45) is 0 Å². The molecule has 2 rings (SSSR count). The van der Waals surface area contributed by atoms with Crippen molar-refractivity contribution >= 4 is 28.3 Å². The quantitative estimate of drug-likeness (QED) is 0.686. The van der Waals surface area contributed by atoms with Gasteiger partial charge in [-0.05, 0) is 41.1 Å². The minimum Gasteiger partial charge on any atom is -0.491 e. The molecule has 0 saturated heterocycles. The van der Waals surface area contributed by atoms with E-state index in [1.165, 1.54) is 0 Å². The summed E-state index contributed by atoms with van der Waals surface area (Å²) in [7, 11) is 0. The monoisotopic (exact) mass is 343 g/mol. The number of hydrogen-bond acceptors (Lipinski definition) is 3. The number of para-hydroxylation sites is 1. The van der Waals surface area contributed by atoms with E-state index >= 15 is 0 Å². The van der Waals surface area contributed by atoms with Gasteiger partial charge in [-0.15, -0.1) is 0 Å². The predicted molar refractivity (Wildman–Crippen MR) is 76.5 cm³/mol. The molecule has 17 heavy (non-hydrogen) atoms. The number of rotatable bonds is 4. The Hall–Kier alpha value is -1.24. The van der Waals surface area contributed by atoms with Crippen LogP contribution in [0.3, 0.4) is 0 Å². The summed E-state index contributed by atoms with van der Waals surface area (Å²) in [6.45, 7) is 2.74. The summed E-state index contributed by atoms with van der Waals surface area (Å²) in [5.74, 6) is 0.717. The second-order valence-corrected chi connectivity index (χ2v) is 4.89. The summed E-state index contributed by atoms with van der Waals surface area (Å²) in [6.07, 6.45) is 4.68. The van der Waals surface area contributed by atoms with Crippen molar-refractivity contribution in [3.05, 3.63) is 34.2 Å². The topological polar surface area (TPSA) is 53.1 Å². The fourth-order valence-corrected chi connectivity index (χ4v) is 1.89. The number of benzene rings is 1. The molecule has 2 aromatic rings. The van der Waals surface area contributed by atoms with Gasteiger partial charge in [0.25, 0.3) is 0 Å². The van der Waals surface area contributed by atoms with Gasteiger partial charge in [0.05, 0.1) is 22.1 Å². The van der Waals surface area contributed by atoms with Crippen LogP contribution in [0.2, 0.25) is 0 Å². The molecule has 5 heteroatoms. The lowest BCUT2D eigenvalue weighted by Gasteiger charge is -2.11. The van der Waals surface area contributed by atoms with Gasteiger partial charge in [0.15, 0.2) is 0 Å². The molecule has 1 aromatic heterocycles. The van der Waals surface area contributed by atoms with Crippen LogP contribution in [0.25, 0.3) is 5.69 Å². The zero-order valence-corrected chi connectivity index (χ0v) is 11.7. The molecule has 2 N–H and O–H groups in total. The molecule has 0 bridgehead atoms. The number of ether oxygens (including phenoxy) is 1. The first-order chi connectivity index (χ1) is 8.22. The number of nitrogens with two attached hydrogens (primary N) is 1. The zero-order valence-electron chi connectivity index (χ0n) is 9.56. The van der Waals surface area contributed by atoms with Crippen LogP contribution in [0.5, 0.6) is 5.75 Å². The van der Waals surface area contributed by atoms with Crippen LogP contribution in [0, 0.1) is 3.57 Å².